The molecule has 2 aromatic rings. The van der Waals surface area contributed by atoms with Gasteiger partial charge in [0.05, 0.1) is 11.5 Å². The molecule has 0 bridgehead atoms. The number of amides is 1. The molecule has 1 amide bonds. The van der Waals surface area contributed by atoms with Crippen LogP contribution >= 0.6 is 0 Å². The smallest absolute Gasteiger partial charge is 0.311 e. The molecule has 0 spiro atoms. The Kier molecular flexibility index (Phi) is 11.8. The lowest BCUT2D eigenvalue weighted by atomic mass is 9.84. The van der Waals surface area contributed by atoms with Gasteiger partial charge in [0.2, 0.25) is 5.91 Å². The normalized spacial score (nSPS) is 17.1. The van der Waals surface area contributed by atoms with E-state index in [2.05, 4.69) is 55.3 Å². The molecule has 4 rings (SSSR count). The minimum Gasteiger partial charge on any atom is -0.486 e. The lowest BCUT2D eigenvalue weighted by molar-refractivity contribution is -0.385. The lowest BCUT2D eigenvalue weighted by Crippen LogP contribution is -2.43. The van der Waals surface area contributed by atoms with Crippen molar-refractivity contribution in [3.05, 3.63) is 63.7 Å². The summed E-state index contributed by atoms with van der Waals surface area (Å²) in [5, 5.41) is 14.9. The molecular weight excluding hydrogens is 528 g/mol. The molecule has 0 radical (unpaired) electrons. The maximum atomic E-state index is 13.0. The zero-order chi connectivity index (χ0) is 29.6. The Labute approximate surface area is 253 Å². The van der Waals surface area contributed by atoms with Crippen molar-refractivity contribution in [2.75, 3.05) is 44.6 Å². The molecule has 2 fully saturated rings. The fourth-order valence-corrected chi connectivity index (χ4v) is 5.79. The van der Waals surface area contributed by atoms with Crippen LogP contribution in [-0.4, -0.2) is 66.0 Å². The highest BCUT2D eigenvalue weighted by Gasteiger charge is 2.26. The fraction of sp³-hybridized carbons (Fsp3) is 0.618. The number of piperidine rings is 2. The van der Waals surface area contributed by atoms with Gasteiger partial charge in [0.1, 0.15) is 0 Å². The first kappa shape index (κ1) is 33.4. The van der Waals surface area contributed by atoms with Crippen molar-refractivity contribution in [1.82, 2.24) is 9.80 Å². The van der Waals surface area contributed by atoms with Crippen LogP contribution in [-0.2, 0) is 10.2 Å². The predicted molar refractivity (Wildman–Crippen MR) is 172 cm³/mol. The van der Waals surface area contributed by atoms with Gasteiger partial charge >= 0.3 is 5.69 Å². The van der Waals surface area contributed by atoms with Crippen molar-refractivity contribution < 1.29 is 14.5 Å². The Hall–Kier alpha value is -3.13. The van der Waals surface area contributed by atoms with Gasteiger partial charge in [-0.2, -0.15) is 0 Å². The third-order valence-corrected chi connectivity index (χ3v) is 8.42. The van der Waals surface area contributed by atoms with Crippen LogP contribution in [0.5, 0.6) is 5.75 Å². The summed E-state index contributed by atoms with van der Waals surface area (Å²) in [6.07, 6.45) is 4.57. The molecule has 1 N–H and O–H groups in total. The zero-order valence-electron chi connectivity index (χ0n) is 25.5. The number of ether oxygens (including phenoxy) is 1. The molecule has 8 heteroatoms. The first-order valence-electron chi connectivity index (χ1n) is 15.3. The third-order valence-electron chi connectivity index (χ3n) is 8.42. The molecular formula is C34H52N4O4. The molecule has 2 aliphatic heterocycles. The summed E-state index contributed by atoms with van der Waals surface area (Å²) in [6, 6.07) is 14.4. The number of likely N-dealkylation sites (tertiary alicyclic amines) is 2. The molecule has 0 aromatic heterocycles. The Bertz CT molecular complexity index is 1160. The summed E-state index contributed by atoms with van der Waals surface area (Å²) in [6.45, 7) is 15.6. The molecule has 2 heterocycles. The fourth-order valence-electron chi connectivity index (χ4n) is 5.79. The van der Waals surface area contributed by atoms with E-state index in [0.29, 0.717) is 24.7 Å². The van der Waals surface area contributed by atoms with E-state index in [-0.39, 0.29) is 36.4 Å². The van der Waals surface area contributed by atoms with Gasteiger partial charge in [0.15, 0.2) is 5.75 Å². The molecule has 0 aliphatic carbocycles. The van der Waals surface area contributed by atoms with E-state index in [9.17, 15) is 14.9 Å². The minimum atomic E-state index is -0.405. The molecule has 2 saturated heterocycles. The van der Waals surface area contributed by atoms with Crippen molar-refractivity contribution in [3.8, 4) is 5.75 Å². The summed E-state index contributed by atoms with van der Waals surface area (Å²) in [7, 11) is 0. The van der Waals surface area contributed by atoms with Crippen LogP contribution in [0, 0.1) is 16.0 Å². The van der Waals surface area contributed by atoms with E-state index >= 15 is 0 Å². The topological polar surface area (TPSA) is 88.0 Å². The first-order valence-corrected chi connectivity index (χ1v) is 15.3. The maximum Gasteiger partial charge on any atom is 0.311 e. The van der Waals surface area contributed by atoms with Crippen LogP contribution in [0.3, 0.4) is 0 Å². The SMILES string of the molecule is C.CC(C)COc1cc(NC2CCN(C(=O)CCN3CCC(c4ccc(C(C)(C)C)cc4)CC3)CC2)ccc1[N+](=O)[O-]. The predicted octanol–water partition coefficient (Wildman–Crippen LogP) is 7.24. The average molecular weight is 581 g/mol. The first-order chi connectivity index (χ1) is 19.5. The van der Waals surface area contributed by atoms with Crippen molar-refractivity contribution in [2.24, 2.45) is 5.92 Å². The minimum absolute atomic E-state index is 0. The van der Waals surface area contributed by atoms with Gasteiger partial charge in [-0.1, -0.05) is 66.3 Å². The number of carbonyl (C=O) groups excluding carboxylic acids is 1. The molecule has 0 atom stereocenters. The summed E-state index contributed by atoms with van der Waals surface area (Å²) in [4.78, 5) is 28.4. The molecule has 8 nitrogen and oxygen atoms in total. The van der Waals surface area contributed by atoms with E-state index in [0.717, 1.165) is 64.1 Å². The highest BCUT2D eigenvalue weighted by atomic mass is 16.6. The van der Waals surface area contributed by atoms with Gasteiger partial charge in [0, 0.05) is 49.9 Å². The van der Waals surface area contributed by atoms with Crippen molar-refractivity contribution in [3.63, 3.8) is 0 Å². The summed E-state index contributed by atoms with van der Waals surface area (Å²) >= 11 is 0. The summed E-state index contributed by atoms with van der Waals surface area (Å²) in [5.41, 5.74) is 3.80. The van der Waals surface area contributed by atoms with E-state index in [1.807, 2.05) is 18.7 Å². The van der Waals surface area contributed by atoms with Crippen LogP contribution in [0.1, 0.15) is 91.2 Å². The molecule has 0 saturated carbocycles. The number of nitrogens with one attached hydrogen (secondary N) is 1. The molecule has 42 heavy (non-hydrogen) atoms. The second-order valence-electron chi connectivity index (χ2n) is 13.2. The quantitative estimate of drug-likeness (QED) is 0.236. The summed E-state index contributed by atoms with van der Waals surface area (Å²) in [5.74, 6) is 1.42. The van der Waals surface area contributed by atoms with Crippen LogP contribution < -0.4 is 10.1 Å². The third kappa shape index (κ3) is 9.18. The number of hydrogen-bond acceptors (Lipinski definition) is 6. The van der Waals surface area contributed by atoms with Crippen LogP contribution in [0.4, 0.5) is 11.4 Å². The van der Waals surface area contributed by atoms with Gasteiger partial charge in [-0.15, -0.1) is 0 Å². The molecule has 232 valence electrons. The highest BCUT2D eigenvalue weighted by molar-refractivity contribution is 5.76. The molecule has 0 unspecified atom stereocenters. The number of nitrogens with zero attached hydrogens (tertiary/aromatic N) is 3. The van der Waals surface area contributed by atoms with Gasteiger partial charge in [-0.05, 0) is 73.2 Å². The second-order valence-corrected chi connectivity index (χ2v) is 13.2. The standard InChI is InChI=1S/C33H48N4O4.CH4/c1-24(2)23-41-31-22-29(10-11-30(31)37(39)40)34-28-14-20-36(21-15-28)32(38)16-19-35-17-12-26(13-18-35)25-6-8-27(9-7-25)33(3,4)5;/h6-11,22,24,26,28,34H,12-21,23H2,1-5H3;1H4. The van der Waals surface area contributed by atoms with Crippen molar-refractivity contribution in [1.29, 1.82) is 0 Å². The average Bonchev–Trinajstić information content (AvgIpc) is 2.95. The largest absolute Gasteiger partial charge is 0.486 e. The number of nitro benzene ring substituents is 1. The zero-order valence-corrected chi connectivity index (χ0v) is 25.5. The number of carbonyl (C=O) groups is 1. The van der Waals surface area contributed by atoms with Gasteiger partial charge < -0.3 is 19.9 Å². The van der Waals surface area contributed by atoms with Crippen LogP contribution in [0.2, 0.25) is 0 Å². The van der Waals surface area contributed by atoms with Crippen molar-refractivity contribution in [2.45, 2.75) is 91.5 Å². The van der Waals surface area contributed by atoms with E-state index < -0.39 is 4.92 Å². The monoisotopic (exact) mass is 580 g/mol. The number of anilines is 1. The molecule has 2 aromatic carbocycles. The van der Waals surface area contributed by atoms with Crippen LogP contribution in [0.25, 0.3) is 0 Å². The van der Waals surface area contributed by atoms with Gasteiger partial charge in [-0.3, -0.25) is 14.9 Å². The Balaban J connectivity index is 0.00000484. The number of hydrogen-bond donors (Lipinski definition) is 1. The Morgan fingerprint density at radius 1 is 1.02 bits per heavy atom. The van der Waals surface area contributed by atoms with Gasteiger partial charge in [0.25, 0.3) is 0 Å². The van der Waals surface area contributed by atoms with Crippen LogP contribution in [0.15, 0.2) is 42.5 Å². The van der Waals surface area contributed by atoms with Gasteiger partial charge in [-0.25, -0.2) is 0 Å². The van der Waals surface area contributed by atoms with Crippen molar-refractivity contribution >= 4 is 17.3 Å². The number of nitro groups is 1. The number of benzene rings is 2. The number of rotatable bonds is 10. The van der Waals surface area contributed by atoms with E-state index in [1.54, 1.807) is 12.1 Å². The molecule has 2 aliphatic rings. The Morgan fingerprint density at radius 2 is 1.67 bits per heavy atom. The lowest BCUT2D eigenvalue weighted by Gasteiger charge is -2.35. The summed E-state index contributed by atoms with van der Waals surface area (Å²) < 4.78 is 5.72. The maximum absolute atomic E-state index is 13.0. The highest BCUT2D eigenvalue weighted by Crippen LogP contribution is 2.32. The second kappa shape index (κ2) is 14.9. The van der Waals surface area contributed by atoms with E-state index in [4.69, 9.17) is 4.74 Å². The van der Waals surface area contributed by atoms with E-state index in [1.165, 1.54) is 17.2 Å². The Morgan fingerprint density at radius 3 is 2.24 bits per heavy atom.